The van der Waals surface area contributed by atoms with Crippen molar-refractivity contribution >= 4 is 11.4 Å². The first-order valence-corrected chi connectivity index (χ1v) is 7.17. The van der Waals surface area contributed by atoms with Crippen LogP contribution >= 0.6 is 0 Å². The summed E-state index contributed by atoms with van der Waals surface area (Å²) in [6.45, 7) is 7.83. The molecule has 0 saturated carbocycles. The van der Waals surface area contributed by atoms with Gasteiger partial charge >= 0.3 is 0 Å². The van der Waals surface area contributed by atoms with Gasteiger partial charge in [0.05, 0.1) is 6.20 Å². The van der Waals surface area contributed by atoms with Crippen molar-refractivity contribution in [3.05, 3.63) is 49.3 Å². The summed E-state index contributed by atoms with van der Waals surface area (Å²) in [4.78, 5) is 2.23. The molecule has 4 rings (SSSR count). The highest BCUT2D eigenvalue weighted by molar-refractivity contribution is 5.77. The first kappa shape index (κ1) is 14.3. The zero-order valence-electron chi connectivity index (χ0n) is 12.1. The van der Waals surface area contributed by atoms with E-state index in [2.05, 4.69) is 53.0 Å². The molecule has 4 heteroatoms. The van der Waals surface area contributed by atoms with Crippen LogP contribution in [0.2, 0.25) is 0 Å². The van der Waals surface area contributed by atoms with Gasteiger partial charge < -0.3 is 4.90 Å². The summed E-state index contributed by atoms with van der Waals surface area (Å²) in [5, 5.41) is 7.57. The molecule has 0 radical (unpaired) electrons. The first-order valence-electron chi connectivity index (χ1n) is 7.17. The molecule has 4 nitrogen and oxygen atoms in total. The highest BCUT2D eigenvalue weighted by atomic mass is 15.4. The predicted octanol–water partition coefficient (Wildman–Crippen LogP) is 3.79. The van der Waals surface area contributed by atoms with Crippen molar-refractivity contribution in [1.82, 2.24) is 15.0 Å². The fourth-order valence-corrected chi connectivity index (χ4v) is 2.13. The van der Waals surface area contributed by atoms with Gasteiger partial charge in [-0.1, -0.05) is 37.1 Å². The van der Waals surface area contributed by atoms with Gasteiger partial charge in [0.1, 0.15) is 0 Å². The monoisotopic (exact) mass is 270 g/mol. The van der Waals surface area contributed by atoms with Crippen molar-refractivity contribution in [2.24, 2.45) is 0 Å². The van der Waals surface area contributed by atoms with Gasteiger partial charge in [-0.2, -0.15) is 0 Å². The average molecular weight is 270 g/mol. The number of benzene rings is 1. The number of anilines is 2. The summed E-state index contributed by atoms with van der Waals surface area (Å²) in [6, 6.07) is 8.46. The minimum absolute atomic E-state index is 0.933. The SMILES string of the molecule is C=CCN1c2cccc1c2.CCCCCn1ccnn1. The van der Waals surface area contributed by atoms with Crippen LogP contribution in [0.4, 0.5) is 11.4 Å². The summed E-state index contributed by atoms with van der Waals surface area (Å²) in [7, 11) is 0. The molecule has 0 aliphatic carbocycles. The Morgan fingerprint density at radius 3 is 2.60 bits per heavy atom. The van der Waals surface area contributed by atoms with Crippen LogP contribution in [-0.4, -0.2) is 21.5 Å². The van der Waals surface area contributed by atoms with Crippen LogP contribution in [0.15, 0.2) is 49.3 Å². The molecule has 2 aliphatic heterocycles. The maximum Gasteiger partial charge on any atom is 0.0692 e. The number of aromatic nitrogens is 3. The van der Waals surface area contributed by atoms with E-state index in [0.29, 0.717) is 0 Å². The molecular formula is C16H22N4. The first-order chi connectivity index (χ1) is 9.85. The normalized spacial score (nSPS) is 11.3. The summed E-state index contributed by atoms with van der Waals surface area (Å²) in [5.74, 6) is 0. The van der Waals surface area contributed by atoms with Gasteiger partial charge in [0.15, 0.2) is 0 Å². The lowest BCUT2D eigenvalue weighted by Crippen LogP contribution is -2.22. The van der Waals surface area contributed by atoms with Crippen LogP contribution in [0.25, 0.3) is 0 Å². The molecule has 0 unspecified atom stereocenters. The Balaban J connectivity index is 0.000000147. The van der Waals surface area contributed by atoms with E-state index in [9.17, 15) is 0 Å². The zero-order chi connectivity index (χ0) is 14.2. The van der Waals surface area contributed by atoms with E-state index in [1.165, 1.54) is 30.6 Å². The van der Waals surface area contributed by atoms with E-state index in [1.807, 2.05) is 17.0 Å². The third kappa shape index (κ3) is 3.70. The number of nitrogens with zero attached hydrogens (tertiary/aromatic N) is 4. The van der Waals surface area contributed by atoms with Gasteiger partial charge in [-0.3, -0.25) is 4.68 Å². The molecule has 0 spiro atoms. The number of fused-ring (bicyclic) bond motifs is 2. The maximum absolute atomic E-state index is 3.85. The summed E-state index contributed by atoms with van der Waals surface area (Å²) in [6.07, 6.45) is 9.27. The molecular weight excluding hydrogens is 248 g/mol. The fourth-order valence-electron chi connectivity index (χ4n) is 2.13. The Morgan fingerprint density at radius 1 is 1.25 bits per heavy atom. The van der Waals surface area contributed by atoms with E-state index < -0.39 is 0 Å². The molecule has 0 fully saturated rings. The van der Waals surface area contributed by atoms with E-state index in [4.69, 9.17) is 0 Å². The molecule has 1 aromatic heterocycles. The molecule has 0 atom stereocenters. The summed E-state index contributed by atoms with van der Waals surface area (Å²) < 4.78 is 1.87. The minimum Gasteiger partial charge on any atom is -0.337 e. The fraction of sp³-hybridized carbons (Fsp3) is 0.375. The number of rotatable bonds is 6. The van der Waals surface area contributed by atoms with Crippen LogP contribution in [0, 0.1) is 0 Å². The maximum atomic E-state index is 3.85. The Labute approximate surface area is 120 Å². The highest BCUT2D eigenvalue weighted by Crippen LogP contribution is 2.36. The molecule has 2 bridgehead atoms. The summed E-state index contributed by atoms with van der Waals surface area (Å²) in [5.41, 5.74) is 2.61. The van der Waals surface area contributed by atoms with E-state index >= 15 is 0 Å². The molecule has 0 saturated heterocycles. The Bertz CT molecular complexity index is 492. The minimum atomic E-state index is 0.933. The molecule has 3 heterocycles. The lowest BCUT2D eigenvalue weighted by atomic mass is 10.1. The van der Waals surface area contributed by atoms with Crippen LogP contribution in [0.1, 0.15) is 26.2 Å². The van der Waals surface area contributed by atoms with Crippen molar-refractivity contribution in [3.63, 3.8) is 0 Å². The van der Waals surface area contributed by atoms with Crippen molar-refractivity contribution in [3.8, 4) is 0 Å². The van der Waals surface area contributed by atoms with E-state index in [1.54, 1.807) is 6.20 Å². The Morgan fingerprint density at radius 2 is 2.05 bits per heavy atom. The second-order valence-corrected chi connectivity index (χ2v) is 4.79. The van der Waals surface area contributed by atoms with E-state index in [0.717, 1.165) is 13.1 Å². The zero-order valence-corrected chi connectivity index (χ0v) is 12.1. The van der Waals surface area contributed by atoms with Gasteiger partial charge in [0, 0.05) is 30.7 Å². The number of unbranched alkanes of at least 4 members (excludes halogenated alkanes) is 2. The van der Waals surface area contributed by atoms with Gasteiger partial charge in [-0.25, -0.2) is 0 Å². The van der Waals surface area contributed by atoms with Crippen molar-refractivity contribution in [2.75, 3.05) is 11.4 Å². The molecule has 0 N–H and O–H groups in total. The molecule has 0 amide bonds. The van der Waals surface area contributed by atoms with Crippen molar-refractivity contribution in [1.29, 1.82) is 0 Å². The topological polar surface area (TPSA) is 34.0 Å². The number of hydrogen-bond acceptors (Lipinski definition) is 3. The molecule has 20 heavy (non-hydrogen) atoms. The Hall–Kier alpha value is -2.10. The van der Waals surface area contributed by atoms with Crippen LogP contribution < -0.4 is 4.90 Å². The lowest BCUT2D eigenvalue weighted by molar-refractivity contribution is 0.537. The number of hydrogen-bond donors (Lipinski definition) is 0. The van der Waals surface area contributed by atoms with Crippen LogP contribution in [0.3, 0.4) is 0 Å². The Kier molecular flexibility index (Phi) is 5.35. The standard InChI is InChI=1S/C9H9N.C7H13N3/c1-2-6-10-8-4-3-5-9(10)7-8;1-2-3-4-6-10-7-5-8-9-10/h2-5,7H,1,6H2;5,7H,2-4,6H2,1H3. The van der Waals surface area contributed by atoms with Crippen LogP contribution in [0.5, 0.6) is 0 Å². The van der Waals surface area contributed by atoms with Gasteiger partial charge in [-0.15, -0.1) is 11.7 Å². The highest BCUT2D eigenvalue weighted by Gasteiger charge is 2.16. The average Bonchev–Trinajstić information content (AvgIpc) is 3.00. The van der Waals surface area contributed by atoms with Gasteiger partial charge in [0.2, 0.25) is 0 Å². The summed E-state index contributed by atoms with van der Waals surface area (Å²) >= 11 is 0. The smallest absolute Gasteiger partial charge is 0.0692 e. The second-order valence-electron chi connectivity index (χ2n) is 4.79. The van der Waals surface area contributed by atoms with Crippen molar-refractivity contribution < 1.29 is 0 Å². The molecule has 106 valence electrons. The van der Waals surface area contributed by atoms with Crippen LogP contribution in [-0.2, 0) is 6.54 Å². The molecule has 2 aliphatic rings. The molecule has 2 aromatic rings. The van der Waals surface area contributed by atoms with Crippen molar-refractivity contribution in [2.45, 2.75) is 32.7 Å². The third-order valence-electron chi connectivity index (χ3n) is 3.23. The predicted molar refractivity (Wildman–Crippen MR) is 83.2 cm³/mol. The van der Waals surface area contributed by atoms with Gasteiger partial charge in [-0.05, 0) is 24.6 Å². The molecule has 1 aromatic carbocycles. The second kappa shape index (κ2) is 7.48. The largest absolute Gasteiger partial charge is 0.337 e. The number of aryl methyl sites for hydroxylation is 1. The van der Waals surface area contributed by atoms with Gasteiger partial charge in [0.25, 0.3) is 0 Å². The quantitative estimate of drug-likeness (QED) is 0.591. The van der Waals surface area contributed by atoms with E-state index in [-0.39, 0.29) is 0 Å². The third-order valence-corrected chi connectivity index (χ3v) is 3.23. The lowest BCUT2D eigenvalue weighted by Gasteiger charge is -2.32.